The second-order valence-electron chi connectivity index (χ2n) is 5.14. The van der Waals surface area contributed by atoms with Crippen LogP contribution in [0.4, 0.5) is 0 Å². The number of fused-ring (bicyclic) bond motifs is 1. The van der Waals surface area contributed by atoms with Gasteiger partial charge in [-0.15, -0.1) is 0 Å². The number of rotatable bonds is 1. The quantitative estimate of drug-likeness (QED) is 0.850. The Morgan fingerprint density at radius 2 is 2.05 bits per heavy atom. The number of aromatic nitrogens is 1. The molecule has 0 fully saturated rings. The Hall–Kier alpha value is -2.43. The molecule has 102 valence electrons. The van der Waals surface area contributed by atoms with Crippen LogP contribution in [0.2, 0.25) is 0 Å². The van der Waals surface area contributed by atoms with Gasteiger partial charge >= 0.3 is 0 Å². The molecule has 0 spiro atoms. The smallest absolute Gasteiger partial charge is 0.250 e. The molecule has 5 heteroatoms. The summed E-state index contributed by atoms with van der Waals surface area (Å²) in [6, 6.07) is 9.22. The number of nitrogens with one attached hydrogen (secondary N) is 1. The molecule has 0 radical (unpaired) electrons. The van der Waals surface area contributed by atoms with Gasteiger partial charge in [-0.25, -0.2) is 5.43 Å². The van der Waals surface area contributed by atoms with E-state index in [2.05, 4.69) is 10.5 Å². The van der Waals surface area contributed by atoms with Crippen molar-refractivity contribution in [1.29, 1.82) is 0 Å². The van der Waals surface area contributed by atoms with Gasteiger partial charge in [0.1, 0.15) is 0 Å². The lowest BCUT2D eigenvalue weighted by Crippen LogP contribution is -2.31. The number of benzene rings is 1. The molecule has 1 unspecified atom stereocenters. The fourth-order valence-corrected chi connectivity index (χ4v) is 2.55. The van der Waals surface area contributed by atoms with Gasteiger partial charge in [-0.05, 0) is 29.1 Å². The number of nitrogens with zero attached hydrogens (tertiary/aromatic N) is 2. The van der Waals surface area contributed by atoms with E-state index in [1.54, 1.807) is 17.7 Å². The fraction of sp³-hybridized carbons (Fsp3) is 0.267. The maximum absolute atomic E-state index is 11.6. The molecule has 1 N–H and O–H groups in total. The van der Waals surface area contributed by atoms with E-state index >= 15 is 0 Å². The van der Waals surface area contributed by atoms with E-state index in [4.69, 9.17) is 0 Å². The Balaban J connectivity index is 2.12. The minimum atomic E-state index is -0.0514. The lowest BCUT2D eigenvalue weighted by molar-refractivity contribution is -0.121. The van der Waals surface area contributed by atoms with Crippen LogP contribution in [-0.4, -0.2) is 16.2 Å². The molecule has 0 saturated heterocycles. The van der Waals surface area contributed by atoms with Gasteiger partial charge in [0.05, 0.1) is 11.2 Å². The number of carbonyl (C=O) groups excluding carboxylic acids is 1. The summed E-state index contributed by atoms with van der Waals surface area (Å²) in [6.45, 7) is 1.99. The number of hydrogen-bond donors (Lipinski definition) is 1. The summed E-state index contributed by atoms with van der Waals surface area (Å²) in [5.74, 6) is 0.0400. The molecule has 20 heavy (non-hydrogen) atoms. The summed E-state index contributed by atoms with van der Waals surface area (Å²) in [7, 11) is 1.76. The van der Waals surface area contributed by atoms with Gasteiger partial charge in [-0.3, -0.25) is 9.59 Å². The minimum absolute atomic E-state index is 0.0270. The summed E-state index contributed by atoms with van der Waals surface area (Å²) in [5, 5.41) is 5.14. The van der Waals surface area contributed by atoms with Crippen molar-refractivity contribution >= 4 is 22.5 Å². The highest BCUT2D eigenvalue weighted by Crippen LogP contribution is 2.20. The van der Waals surface area contributed by atoms with Gasteiger partial charge < -0.3 is 4.57 Å². The van der Waals surface area contributed by atoms with Crippen LogP contribution in [0.1, 0.15) is 18.9 Å². The lowest BCUT2D eigenvalue weighted by atomic mass is 9.93. The summed E-state index contributed by atoms with van der Waals surface area (Å²) < 4.78 is 1.62. The summed E-state index contributed by atoms with van der Waals surface area (Å²) >= 11 is 0. The maximum atomic E-state index is 11.6. The summed E-state index contributed by atoms with van der Waals surface area (Å²) in [6.07, 6.45) is 0.449. The highest BCUT2D eigenvalue weighted by molar-refractivity contribution is 6.07. The third kappa shape index (κ3) is 2.01. The standard InChI is InChI=1S/C15H15N3O2/c1-9-7-13(19)16-17-15(9)11-3-5-12-10(8-11)4-6-14(20)18(12)2/h3-6,8-9H,7H2,1-2H3,(H,16,19). The third-order valence-electron chi connectivity index (χ3n) is 3.68. The highest BCUT2D eigenvalue weighted by atomic mass is 16.2. The molecule has 1 aliphatic heterocycles. The first-order valence-electron chi connectivity index (χ1n) is 6.53. The van der Waals surface area contributed by atoms with Crippen molar-refractivity contribution in [3.63, 3.8) is 0 Å². The maximum Gasteiger partial charge on any atom is 0.250 e. The topological polar surface area (TPSA) is 63.5 Å². The second-order valence-corrected chi connectivity index (χ2v) is 5.14. The lowest BCUT2D eigenvalue weighted by Gasteiger charge is -2.19. The van der Waals surface area contributed by atoms with Gasteiger partial charge in [0.25, 0.3) is 5.56 Å². The Morgan fingerprint density at radius 1 is 1.25 bits per heavy atom. The molecule has 1 aromatic carbocycles. The van der Waals surface area contributed by atoms with E-state index in [1.165, 1.54) is 0 Å². The molecule has 0 aliphatic carbocycles. The number of hydrazone groups is 1. The second kappa shape index (κ2) is 4.59. The van der Waals surface area contributed by atoms with E-state index in [0.29, 0.717) is 6.42 Å². The number of carbonyl (C=O) groups is 1. The highest BCUT2D eigenvalue weighted by Gasteiger charge is 2.21. The van der Waals surface area contributed by atoms with Gasteiger partial charge in [0.15, 0.2) is 0 Å². The predicted octanol–water partition coefficient (Wildman–Crippen LogP) is 1.40. The predicted molar refractivity (Wildman–Crippen MR) is 77.6 cm³/mol. The van der Waals surface area contributed by atoms with E-state index in [-0.39, 0.29) is 17.4 Å². The molecular formula is C15H15N3O2. The zero-order valence-electron chi connectivity index (χ0n) is 11.4. The summed E-state index contributed by atoms with van der Waals surface area (Å²) in [5.41, 5.74) is 5.23. The molecule has 3 rings (SSSR count). The van der Waals surface area contributed by atoms with Gasteiger partial charge in [0, 0.05) is 25.5 Å². The first-order chi connectivity index (χ1) is 9.56. The van der Waals surface area contributed by atoms with Gasteiger partial charge in [-0.2, -0.15) is 5.10 Å². The van der Waals surface area contributed by atoms with E-state index < -0.39 is 0 Å². The van der Waals surface area contributed by atoms with Crippen molar-refractivity contribution in [2.45, 2.75) is 13.3 Å². The van der Waals surface area contributed by atoms with Crippen molar-refractivity contribution in [2.75, 3.05) is 0 Å². The molecule has 0 bridgehead atoms. The van der Waals surface area contributed by atoms with Crippen LogP contribution in [0.25, 0.3) is 10.9 Å². The number of pyridine rings is 1. The largest absolute Gasteiger partial charge is 0.311 e. The zero-order chi connectivity index (χ0) is 14.3. The SMILES string of the molecule is CC1CC(=O)NN=C1c1ccc2c(ccc(=O)n2C)c1. The van der Waals surface area contributed by atoms with Crippen molar-refractivity contribution < 1.29 is 4.79 Å². The van der Waals surface area contributed by atoms with E-state index in [9.17, 15) is 9.59 Å². The number of amides is 1. The van der Waals surface area contributed by atoms with Crippen LogP contribution in [0.15, 0.2) is 40.2 Å². The fourth-order valence-electron chi connectivity index (χ4n) is 2.55. The summed E-state index contributed by atoms with van der Waals surface area (Å²) in [4.78, 5) is 22.9. The molecular weight excluding hydrogens is 254 g/mol. The average Bonchev–Trinajstić information content (AvgIpc) is 2.43. The van der Waals surface area contributed by atoms with Crippen molar-refractivity contribution in [1.82, 2.24) is 9.99 Å². The van der Waals surface area contributed by atoms with Crippen molar-refractivity contribution in [3.8, 4) is 0 Å². The minimum Gasteiger partial charge on any atom is -0.311 e. The molecule has 2 aromatic rings. The van der Waals surface area contributed by atoms with Gasteiger partial charge in [0.2, 0.25) is 5.91 Å². The molecule has 2 heterocycles. The Labute approximate surface area is 115 Å². The normalized spacial score (nSPS) is 18.8. The first-order valence-corrected chi connectivity index (χ1v) is 6.53. The molecule has 0 saturated carbocycles. The Bertz CT molecular complexity index is 789. The Morgan fingerprint density at radius 3 is 2.80 bits per heavy atom. The van der Waals surface area contributed by atoms with Crippen LogP contribution >= 0.6 is 0 Å². The van der Waals surface area contributed by atoms with Crippen molar-refractivity contribution in [2.24, 2.45) is 18.1 Å². The number of hydrogen-bond acceptors (Lipinski definition) is 3. The average molecular weight is 269 g/mol. The van der Waals surface area contributed by atoms with Crippen LogP contribution in [0.3, 0.4) is 0 Å². The van der Waals surface area contributed by atoms with Crippen molar-refractivity contribution in [3.05, 3.63) is 46.2 Å². The van der Waals surface area contributed by atoms with Crippen LogP contribution in [-0.2, 0) is 11.8 Å². The molecule has 1 aliphatic rings. The van der Waals surface area contributed by atoms with Crippen LogP contribution in [0, 0.1) is 5.92 Å². The number of aryl methyl sites for hydroxylation is 1. The van der Waals surface area contributed by atoms with Crippen LogP contribution < -0.4 is 11.0 Å². The monoisotopic (exact) mass is 269 g/mol. The van der Waals surface area contributed by atoms with E-state index in [0.717, 1.165) is 22.2 Å². The molecule has 1 aromatic heterocycles. The molecule has 1 amide bonds. The molecule has 5 nitrogen and oxygen atoms in total. The third-order valence-corrected chi connectivity index (χ3v) is 3.68. The molecule has 1 atom stereocenters. The van der Waals surface area contributed by atoms with Crippen LogP contribution in [0.5, 0.6) is 0 Å². The zero-order valence-corrected chi connectivity index (χ0v) is 11.4. The van der Waals surface area contributed by atoms with E-state index in [1.807, 2.05) is 31.2 Å². The van der Waals surface area contributed by atoms with Gasteiger partial charge in [-0.1, -0.05) is 13.0 Å². The first kappa shape index (κ1) is 12.6. The Kier molecular flexibility index (Phi) is 2.89.